The van der Waals surface area contributed by atoms with Crippen molar-refractivity contribution in [2.24, 2.45) is 0 Å². The minimum Gasteiger partial charge on any atom is -0.338 e. The summed E-state index contributed by atoms with van der Waals surface area (Å²) in [6, 6.07) is 0. The number of hydrogen-bond donors (Lipinski definition) is 0. The minimum absolute atomic E-state index is 0.0839. The molecule has 0 atom stereocenters. The van der Waals surface area contributed by atoms with E-state index in [2.05, 4.69) is 13.8 Å². The predicted molar refractivity (Wildman–Crippen MR) is 47.1 cm³/mol. The fraction of sp³-hybridized carbons (Fsp3) is 0.778. The lowest BCUT2D eigenvalue weighted by molar-refractivity contribution is -0.130. The summed E-state index contributed by atoms with van der Waals surface area (Å²) < 4.78 is 0. The zero-order valence-corrected chi connectivity index (χ0v) is 7.98. The van der Waals surface area contributed by atoms with E-state index >= 15 is 0 Å². The van der Waals surface area contributed by atoms with E-state index in [4.69, 9.17) is 0 Å². The van der Waals surface area contributed by atoms with Crippen LogP contribution >= 0.6 is 0 Å². The van der Waals surface area contributed by atoms with Gasteiger partial charge in [0.1, 0.15) is 0 Å². The van der Waals surface area contributed by atoms with Gasteiger partial charge in [-0.1, -0.05) is 6.92 Å². The van der Waals surface area contributed by atoms with Crippen LogP contribution in [0.3, 0.4) is 0 Å². The second kappa shape index (κ2) is 3.74. The molecule has 0 aliphatic rings. The van der Waals surface area contributed by atoms with Crippen molar-refractivity contribution in [1.29, 1.82) is 0 Å². The molecule has 0 aromatic rings. The quantitative estimate of drug-likeness (QED) is 0.597. The van der Waals surface area contributed by atoms with Crippen molar-refractivity contribution in [3.05, 3.63) is 6.92 Å². The number of carbonyl (C=O) groups excluding carboxylic acids is 1. The highest BCUT2D eigenvalue weighted by atomic mass is 16.2. The van der Waals surface area contributed by atoms with Crippen LogP contribution in [0.15, 0.2) is 0 Å². The molecule has 0 aromatic carbocycles. The third kappa shape index (κ3) is 3.40. The predicted octanol–water partition coefficient (Wildman–Crippen LogP) is 1.86. The molecule has 2 nitrogen and oxygen atoms in total. The smallest absolute Gasteiger partial charge is 0.223 e. The minimum atomic E-state index is -0.0884. The maximum absolute atomic E-state index is 11.0. The van der Waals surface area contributed by atoms with Gasteiger partial charge >= 0.3 is 0 Å². The van der Waals surface area contributed by atoms with Crippen molar-refractivity contribution in [2.75, 3.05) is 6.54 Å². The first-order chi connectivity index (χ1) is 4.89. The Bertz CT molecular complexity index is 135. The lowest BCUT2D eigenvalue weighted by Crippen LogP contribution is -2.44. The Balaban J connectivity index is 4.22. The van der Waals surface area contributed by atoms with Gasteiger partial charge in [0.05, 0.1) is 0 Å². The van der Waals surface area contributed by atoms with Gasteiger partial charge in [-0.3, -0.25) is 4.79 Å². The van der Waals surface area contributed by atoms with Crippen molar-refractivity contribution < 1.29 is 4.79 Å². The Labute approximate surface area is 69.6 Å². The first kappa shape index (κ1) is 10.5. The van der Waals surface area contributed by atoms with Gasteiger partial charge in [0.15, 0.2) is 0 Å². The first-order valence-corrected chi connectivity index (χ1v) is 4.03. The van der Waals surface area contributed by atoms with Crippen LogP contribution in [-0.4, -0.2) is 22.9 Å². The van der Waals surface area contributed by atoms with Crippen LogP contribution in [0.4, 0.5) is 0 Å². The van der Waals surface area contributed by atoms with Gasteiger partial charge in [0.2, 0.25) is 5.91 Å². The molecule has 0 heterocycles. The molecule has 0 unspecified atom stereocenters. The van der Waals surface area contributed by atoms with Gasteiger partial charge < -0.3 is 4.90 Å². The highest BCUT2D eigenvalue weighted by molar-refractivity contribution is 5.80. The van der Waals surface area contributed by atoms with E-state index in [0.29, 0.717) is 0 Å². The molecule has 1 radical (unpaired) electrons. The molecule has 0 N–H and O–H groups in total. The SMILES string of the molecule is [CH2]C(=O)N(CCC)C(C)(C)C. The number of carbonyl (C=O) groups is 1. The van der Waals surface area contributed by atoms with Gasteiger partial charge in [-0.2, -0.15) is 0 Å². The van der Waals surface area contributed by atoms with Crippen LogP contribution in [0.25, 0.3) is 0 Å². The van der Waals surface area contributed by atoms with Gasteiger partial charge in [-0.15, -0.1) is 0 Å². The first-order valence-electron chi connectivity index (χ1n) is 4.03. The normalized spacial score (nSPS) is 11.4. The average Bonchev–Trinajstić information content (AvgIpc) is 1.79. The number of rotatable bonds is 2. The summed E-state index contributed by atoms with van der Waals surface area (Å²) in [6.45, 7) is 12.3. The molecule has 0 fully saturated rings. The molecule has 0 spiro atoms. The second-order valence-electron chi connectivity index (χ2n) is 3.72. The molecule has 0 aromatic heterocycles. The Morgan fingerprint density at radius 1 is 1.45 bits per heavy atom. The summed E-state index contributed by atoms with van der Waals surface area (Å²) in [5.41, 5.74) is -0.0884. The van der Waals surface area contributed by atoms with Gasteiger partial charge in [-0.05, 0) is 27.2 Å². The van der Waals surface area contributed by atoms with Crippen LogP contribution in [0, 0.1) is 6.92 Å². The summed E-state index contributed by atoms with van der Waals surface area (Å²) in [6.07, 6.45) is 0.985. The fourth-order valence-electron chi connectivity index (χ4n) is 1.06. The summed E-state index contributed by atoms with van der Waals surface area (Å²) in [7, 11) is 0. The molecule has 0 rings (SSSR count). The summed E-state index contributed by atoms with van der Waals surface area (Å²) in [5.74, 6) is -0.0839. The zero-order chi connectivity index (χ0) is 9.07. The molecule has 11 heavy (non-hydrogen) atoms. The van der Waals surface area contributed by atoms with Crippen LogP contribution in [0.1, 0.15) is 34.1 Å². The summed E-state index contributed by atoms with van der Waals surface area (Å²) in [4.78, 5) is 12.8. The van der Waals surface area contributed by atoms with E-state index in [0.717, 1.165) is 13.0 Å². The number of hydrogen-bond acceptors (Lipinski definition) is 1. The molecule has 0 bridgehead atoms. The third-order valence-electron chi connectivity index (χ3n) is 1.56. The maximum atomic E-state index is 11.0. The largest absolute Gasteiger partial charge is 0.338 e. The van der Waals surface area contributed by atoms with Crippen molar-refractivity contribution >= 4 is 5.91 Å². The van der Waals surface area contributed by atoms with E-state index in [1.807, 2.05) is 20.8 Å². The third-order valence-corrected chi connectivity index (χ3v) is 1.56. The fourth-order valence-corrected chi connectivity index (χ4v) is 1.06. The van der Waals surface area contributed by atoms with Gasteiger partial charge in [0, 0.05) is 19.0 Å². The van der Waals surface area contributed by atoms with E-state index in [-0.39, 0.29) is 11.4 Å². The van der Waals surface area contributed by atoms with Gasteiger partial charge in [-0.25, -0.2) is 0 Å². The van der Waals surface area contributed by atoms with Gasteiger partial charge in [0.25, 0.3) is 0 Å². The number of nitrogens with zero attached hydrogens (tertiary/aromatic N) is 1. The standard InChI is InChI=1S/C9H18NO/c1-6-7-10(8(2)11)9(3,4)5/h2,6-7H2,1,3-5H3. The Hall–Kier alpha value is -0.530. The zero-order valence-electron chi connectivity index (χ0n) is 7.98. The molecule has 0 aliphatic heterocycles. The Morgan fingerprint density at radius 3 is 2.00 bits per heavy atom. The lowest BCUT2D eigenvalue weighted by Gasteiger charge is -2.34. The topological polar surface area (TPSA) is 20.3 Å². The second-order valence-corrected chi connectivity index (χ2v) is 3.72. The molecular weight excluding hydrogens is 138 g/mol. The molecule has 2 heteroatoms. The van der Waals surface area contributed by atoms with Crippen LogP contribution in [0.5, 0.6) is 0 Å². The highest BCUT2D eigenvalue weighted by Gasteiger charge is 2.22. The molecule has 0 aliphatic carbocycles. The van der Waals surface area contributed by atoms with E-state index < -0.39 is 0 Å². The van der Waals surface area contributed by atoms with Crippen molar-refractivity contribution in [3.8, 4) is 0 Å². The average molecular weight is 156 g/mol. The molecule has 0 saturated carbocycles. The maximum Gasteiger partial charge on any atom is 0.223 e. The lowest BCUT2D eigenvalue weighted by atomic mass is 10.1. The highest BCUT2D eigenvalue weighted by Crippen LogP contribution is 2.13. The Kier molecular flexibility index (Phi) is 3.56. The molecular formula is C9H18NO. The monoisotopic (exact) mass is 156 g/mol. The number of amides is 1. The van der Waals surface area contributed by atoms with Crippen molar-refractivity contribution in [1.82, 2.24) is 4.90 Å². The Morgan fingerprint density at radius 2 is 1.91 bits per heavy atom. The summed E-state index contributed by atoms with van der Waals surface area (Å²) >= 11 is 0. The van der Waals surface area contributed by atoms with Crippen LogP contribution < -0.4 is 0 Å². The molecule has 0 saturated heterocycles. The van der Waals surface area contributed by atoms with E-state index in [1.165, 1.54) is 0 Å². The van der Waals surface area contributed by atoms with E-state index in [9.17, 15) is 4.79 Å². The summed E-state index contributed by atoms with van der Waals surface area (Å²) in [5, 5.41) is 0. The van der Waals surface area contributed by atoms with E-state index in [1.54, 1.807) is 4.90 Å². The van der Waals surface area contributed by atoms with Crippen molar-refractivity contribution in [3.63, 3.8) is 0 Å². The van der Waals surface area contributed by atoms with Crippen LogP contribution in [0.2, 0.25) is 0 Å². The van der Waals surface area contributed by atoms with Crippen LogP contribution in [-0.2, 0) is 4.79 Å². The van der Waals surface area contributed by atoms with Crippen molar-refractivity contribution in [2.45, 2.75) is 39.7 Å². The molecule has 1 amide bonds. The molecule has 65 valence electrons.